The van der Waals surface area contributed by atoms with E-state index in [2.05, 4.69) is 63.3 Å². The molecule has 1 N–H and O–H groups in total. The van der Waals surface area contributed by atoms with Crippen LogP contribution in [0.25, 0.3) is 0 Å². The quantitative estimate of drug-likeness (QED) is 0.717. The van der Waals surface area contributed by atoms with E-state index in [1.165, 1.54) is 27.9 Å². The Morgan fingerprint density at radius 3 is 2.29 bits per heavy atom. The Morgan fingerprint density at radius 2 is 1.71 bits per heavy atom. The number of nitrogens with one attached hydrogen (secondary N) is 1. The van der Waals surface area contributed by atoms with Gasteiger partial charge in [0.1, 0.15) is 0 Å². The summed E-state index contributed by atoms with van der Waals surface area (Å²) in [7, 11) is 0. The summed E-state index contributed by atoms with van der Waals surface area (Å²) in [6.45, 7) is 8.87. The summed E-state index contributed by atoms with van der Waals surface area (Å²) in [5.41, 5.74) is 6.63. The van der Waals surface area contributed by atoms with Gasteiger partial charge in [-0.15, -0.1) is 0 Å². The first-order valence-electron chi connectivity index (χ1n) is 7.51. The van der Waals surface area contributed by atoms with Crippen LogP contribution in [0.1, 0.15) is 49.1 Å². The summed E-state index contributed by atoms with van der Waals surface area (Å²) in [4.78, 5) is 0. The van der Waals surface area contributed by atoms with Gasteiger partial charge in [-0.3, -0.25) is 0 Å². The maximum Gasteiger partial charge on any atom is 0.0555 e. The number of benzene rings is 2. The molecule has 3 rings (SSSR count). The molecule has 2 aromatic rings. The molecule has 1 aliphatic rings. The lowest BCUT2D eigenvalue weighted by atomic mass is 9.86. The number of fused-ring (bicyclic) bond motifs is 1. The third-order valence-corrected chi connectivity index (χ3v) is 4.72. The lowest BCUT2D eigenvalue weighted by Gasteiger charge is -2.20. The SMILES string of the molecule is Cc1ccc(Cl)c2c1NC(c1ccc(C(C)(C)C)cc1)C2. The van der Waals surface area contributed by atoms with Crippen LogP contribution < -0.4 is 5.32 Å². The highest BCUT2D eigenvalue weighted by Crippen LogP contribution is 2.40. The van der Waals surface area contributed by atoms with Gasteiger partial charge in [-0.2, -0.15) is 0 Å². The van der Waals surface area contributed by atoms with Gasteiger partial charge in [-0.05, 0) is 40.7 Å². The van der Waals surface area contributed by atoms with Crippen LogP contribution in [0.3, 0.4) is 0 Å². The molecule has 0 radical (unpaired) electrons. The molecular formula is C19H22ClN. The summed E-state index contributed by atoms with van der Waals surface area (Å²) < 4.78 is 0. The number of hydrogen-bond acceptors (Lipinski definition) is 1. The largest absolute Gasteiger partial charge is 0.377 e. The smallest absolute Gasteiger partial charge is 0.0555 e. The van der Waals surface area contributed by atoms with E-state index in [9.17, 15) is 0 Å². The monoisotopic (exact) mass is 299 g/mol. The highest BCUT2D eigenvalue weighted by Gasteiger charge is 2.25. The summed E-state index contributed by atoms with van der Waals surface area (Å²) in [6, 6.07) is 13.4. The Hall–Kier alpha value is -1.47. The van der Waals surface area contributed by atoms with Gasteiger partial charge < -0.3 is 5.32 Å². The van der Waals surface area contributed by atoms with E-state index in [0.717, 1.165) is 11.4 Å². The molecule has 0 amide bonds. The van der Waals surface area contributed by atoms with Crippen molar-refractivity contribution in [2.75, 3.05) is 5.32 Å². The Labute approximate surface area is 132 Å². The fraction of sp³-hybridized carbons (Fsp3) is 0.368. The number of aryl methyl sites for hydroxylation is 1. The second kappa shape index (κ2) is 5.06. The van der Waals surface area contributed by atoms with Crippen molar-refractivity contribution in [3.8, 4) is 0 Å². The fourth-order valence-corrected chi connectivity index (χ4v) is 3.22. The zero-order valence-electron chi connectivity index (χ0n) is 13.1. The Morgan fingerprint density at radius 1 is 1.05 bits per heavy atom. The van der Waals surface area contributed by atoms with Crippen LogP contribution in [0.4, 0.5) is 5.69 Å². The van der Waals surface area contributed by atoms with Crippen molar-refractivity contribution >= 4 is 17.3 Å². The Balaban J connectivity index is 1.88. The molecule has 0 spiro atoms. The van der Waals surface area contributed by atoms with Crippen molar-refractivity contribution in [2.45, 2.75) is 45.6 Å². The molecule has 2 heteroatoms. The van der Waals surface area contributed by atoms with Gasteiger partial charge in [0.05, 0.1) is 6.04 Å². The van der Waals surface area contributed by atoms with E-state index in [4.69, 9.17) is 11.6 Å². The van der Waals surface area contributed by atoms with Gasteiger partial charge in [-0.1, -0.05) is 62.7 Å². The van der Waals surface area contributed by atoms with E-state index >= 15 is 0 Å². The van der Waals surface area contributed by atoms with E-state index in [0.29, 0.717) is 6.04 Å². The third kappa shape index (κ3) is 2.67. The molecule has 110 valence electrons. The zero-order chi connectivity index (χ0) is 15.2. The molecule has 0 aromatic heterocycles. The third-order valence-electron chi connectivity index (χ3n) is 4.37. The van der Waals surface area contributed by atoms with Gasteiger partial charge >= 0.3 is 0 Å². The maximum absolute atomic E-state index is 6.34. The predicted octanol–water partition coefficient (Wildman–Crippen LogP) is 5.66. The van der Waals surface area contributed by atoms with Crippen molar-refractivity contribution in [1.82, 2.24) is 0 Å². The molecule has 0 aliphatic carbocycles. The first-order chi connectivity index (χ1) is 9.86. The van der Waals surface area contributed by atoms with E-state index in [1.807, 2.05) is 6.07 Å². The van der Waals surface area contributed by atoms with Gasteiger partial charge in [-0.25, -0.2) is 0 Å². The average Bonchev–Trinajstić information content (AvgIpc) is 2.89. The van der Waals surface area contributed by atoms with Crippen LogP contribution in [-0.4, -0.2) is 0 Å². The molecule has 0 fully saturated rings. The summed E-state index contributed by atoms with van der Waals surface area (Å²) in [6.07, 6.45) is 0.963. The molecule has 2 aromatic carbocycles. The summed E-state index contributed by atoms with van der Waals surface area (Å²) in [5.74, 6) is 0. The second-order valence-electron chi connectivity index (χ2n) is 6.99. The summed E-state index contributed by atoms with van der Waals surface area (Å²) >= 11 is 6.34. The Kier molecular flexibility index (Phi) is 3.49. The van der Waals surface area contributed by atoms with Crippen LogP contribution in [0, 0.1) is 6.92 Å². The zero-order valence-corrected chi connectivity index (χ0v) is 13.9. The number of rotatable bonds is 1. The molecule has 21 heavy (non-hydrogen) atoms. The predicted molar refractivity (Wildman–Crippen MR) is 91.4 cm³/mol. The second-order valence-corrected chi connectivity index (χ2v) is 7.40. The van der Waals surface area contributed by atoms with Crippen LogP contribution in [-0.2, 0) is 11.8 Å². The molecule has 1 heterocycles. The fourth-order valence-electron chi connectivity index (χ4n) is 2.99. The molecule has 0 bridgehead atoms. The van der Waals surface area contributed by atoms with Crippen molar-refractivity contribution < 1.29 is 0 Å². The molecular weight excluding hydrogens is 278 g/mol. The molecule has 1 nitrogen and oxygen atoms in total. The lowest BCUT2D eigenvalue weighted by molar-refractivity contribution is 0.589. The van der Waals surface area contributed by atoms with E-state index in [-0.39, 0.29) is 5.41 Å². The van der Waals surface area contributed by atoms with Crippen molar-refractivity contribution in [2.24, 2.45) is 0 Å². The first-order valence-corrected chi connectivity index (χ1v) is 7.89. The average molecular weight is 300 g/mol. The minimum atomic E-state index is 0.199. The Bertz CT molecular complexity index is 634. The number of anilines is 1. The molecule has 1 unspecified atom stereocenters. The normalized spacial score (nSPS) is 17.5. The van der Waals surface area contributed by atoms with Crippen LogP contribution in [0.5, 0.6) is 0 Å². The number of hydrogen-bond donors (Lipinski definition) is 1. The minimum absolute atomic E-state index is 0.199. The molecule has 1 atom stereocenters. The van der Waals surface area contributed by atoms with Crippen LogP contribution in [0.15, 0.2) is 36.4 Å². The maximum atomic E-state index is 6.34. The number of halogens is 1. The van der Waals surface area contributed by atoms with Gasteiger partial charge in [0.2, 0.25) is 0 Å². The first kappa shape index (κ1) is 14.5. The van der Waals surface area contributed by atoms with Crippen LogP contribution >= 0.6 is 11.6 Å². The summed E-state index contributed by atoms with van der Waals surface area (Å²) in [5, 5.41) is 4.51. The van der Waals surface area contributed by atoms with Crippen molar-refractivity contribution in [1.29, 1.82) is 0 Å². The minimum Gasteiger partial charge on any atom is -0.377 e. The molecule has 1 aliphatic heterocycles. The topological polar surface area (TPSA) is 12.0 Å². The van der Waals surface area contributed by atoms with Crippen LogP contribution in [0.2, 0.25) is 5.02 Å². The molecule has 0 saturated carbocycles. The highest BCUT2D eigenvalue weighted by molar-refractivity contribution is 6.31. The highest BCUT2D eigenvalue weighted by atomic mass is 35.5. The van der Waals surface area contributed by atoms with Gasteiger partial charge in [0.25, 0.3) is 0 Å². The van der Waals surface area contributed by atoms with Gasteiger partial charge in [0, 0.05) is 17.1 Å². The van der Waals surface area contributed by atoms with Gasteiger partial charge in [0.15, 0.2) is 0 Å². The standard InChI is InChI=1S/C19H22ClN/c1-12-5-10-16(20)15-11-17(21-18(12)15)13-6-8-14(9-7-13)19(2,3)4/h5-10,17,21H,11H2,1-4H3. The van der Waals surface area contributed by atoms with Crippen molar-refractivity contribution in [3.63, 3.8) is 0 Å². The van der Waals surface area contributed by atoms with E-state index < -0.39 is 0 Å². The van der Waals surface area contributed by atoms with Crippen molar-refractivity contribution in [3.05, 3.63) is 63.7 Å². The van der Waals surface area contributed by atoms with E-state index in [1.54, 1.807) is 0 Å². The lowest BCUT2D eigenvalue weighted by Crippen LogP contribution is -2.12. The molecule has 0 saturated heterocycles.